The van der Waals surface area contributed by atoms with Crippen molar-refractivity contribution in [3.63, 3.8) is 0 Å². The molecule has 0 N–H and O–H groups in total. The molecule has 0 aliphatic carbocycles. The average molecular weight is 252 g/mol. The summed E-state index contributed by atoms with van der Waals surface area (Å²) in [6.07, 6.45) is 5.34. The van der Waals surface area contributed by atoms with Crippen LogP contribution < -0.4 is 0 Å². The highest BCUT2D eigenvalue weighted by Crippen LogP contribution is 2.39. The van der Waals surface area contributed by atoms with Gasteiger partial charge in [-0.25, -0.2) is 0 Å². The molecule has 3 aliphatic rings. The maximum absolute atomic E-state index is 11.9. The Morgan fingerprint density at radius 1 is 1.33 bits per heavy atom. The first-order valence-electron chi connectivity index (χ1n) is 7.37. The molecule has 3 heterocycles. The number of hydrogen-bond donors (Lipinski definition) is 0. The van der Waals surface area contributed by atoms with E-state index in [1.165, 1.54) is 6.42 Å². The highest BCUT2D eigenvalue weighted by atomic mass is 16.5. The second kappa shape index (κ2) is 4.82. The molecule has 0 aromatic carbocycles. The van der Waals surface area contributed by atoms with Gasteiger partial charge >= 0.3 is 0 Å². The van der Waals surface area contributed by atoms with Crippen LogP contribution in [0.15, 0.2) is 0 Å². The van der Waals surface area contributed by atoms with Gasteiger partial charge in [0.05, 0.1) is 6.61 Å². The molecule has 18 heavy (non-hydrogen) atoms. The van der Waals surface area contributed by atoms with E-state index in [9.17, 15) is 4.79 Å². The molecule has 1 amide bonds. The summed E-state index contributed by atoms with van der Waals surface area (Å²) in [5.41, 5.74) is 0.196. The van der Waals surface area contributed by atoms with Crippen LogP contribution in [-0.2, 0) is 9.53 Å². The van der Waals surface area contributed by atoms with Crippen LogP contribution in [0.4, 0.5) is 0 Å². The molecule has 1 atom stereocenters. The van der Waals surface area contributed by atoms with Crippen LogP contribution in [0.1, 0.15) is 39.0 Å². The Kier molecular flexibility index (Phi) is 3.32. The maximum atomic E-state index is 11.9. The third kappa shape index (κ3) is 1.95. The van der Waals surface area contributed by atoms with Crippen LogP contribution in [-0.4, -0.2) is 60.1 Å². The molecule has 0 radical (unpaired) electrons. The Hall–Kier alpha value is -0.610. The van der Waals surface area contributed by atoms with E-state index in [4.69, 9.17) is 4.74 Å². The largest absolute Gasteiger partial charge is 0.380 e. The summed E-state index contributed by atoms with van der Waals surface area (Å²) in [5.74, 6) is 0.371. The SMILES string of the molecule is CCN1C(=O)CCC12CCN([C@H]1CCOC1)CC2. The van der Waals surface area contributed by atoms with E-state index in [1.807, 2.05) is 0 Å². The molecular weight excluding hydrogens is 228 g/mol. The summed E-state index contributed by atoms with van der Waals surface area (Å²) in [4.78, 5) is 16.6. The Morgan fingerprint density at radius 3 is 2.72 bits per heavy atom. The lowest BCUT2D eigenvalue weighted by molar-refractivity contribution is -0.132. The standard InChI is InChI=1S/C14H24N2O2/c1-2-16-13(17)3-5-14(16)6-8-15(9-7-14)12-4-10-18-11-12/h12H,2-11H2,1H3/t12-/m0/s1. The lowest BCUT2D eigenvalue weighted by atomic mass is 9.84. The molecule has 3 aliphatic heterocycles. The zero-order chi connectivity index (χ0) is 12.6. The van der Waals surface area contributed by atoms with E-state index >= 15 is 0 Å². The lowest BCUT2D eigenvalue weighted by Crippen LogP contribution is -2.54. The predicted molar refractivity (Wildman–Crippen MR) is 69.4 cm³/mol. The van der Waals surface area contributed by atoms with Crippen molar-refractivity contribution in [2.24, 2.45) is 0 Å². The minimum absolute atomic E-state index is 0.196. The Labute approximate surface area is 109 Å². The summed E-state index contributed by atoms with van der Waals surface area (Å²) in [6, 6.07) is 0.634. The number of likely N-dealkylation sites (tertiary alicyclic amines) is 2. The van der Waals surface area contributed by atoms with Crippen molar-refractivity contribution >= 4 is 5.91 Å². The first-order chi connectivity index (χ1) is 8.75. The van der Waals surface area contributed by atoms with Gasteiger partial charge in [-0.3, -0.25) is 9.69 Å². The molecule has 0 aromatic rings. The monoisotopic (exact) mass is 252 g/mol. The van der Waals surface area contributed by atoms with Crippen molar-refractivity contribution in [2.75, 3.05) is 32.8 Å². The zero-order valence-electron chi connectivity index (χ0n) is 11.4. The molecule has 4 heteroatoms. The second-order valence-electron chi connectivity index (χ2n) is 5.92. The van der Waals surface area contributed by atoms with Gasteiger partial charge in [0.15, 0.2) is 0 Å². The van der Waals surface area contributed by atoms with Crippen molar-refractivity contribution in [3.8, 4) is 0 Å². The summed E-state index contributed by atoms with van der Waals surface area (Å²) in [6.45, 7) is 7.10. The highest BCUT2D eigenvalue weighted by molar-refractivity contribution is 5.79. The van der Waals surface area contributed by atoms with Crippen molar-refractivity contribution in [3.05, 3.63) is 0 Å². The summed E-state index contributed by atoms with van der Waals surface area (Å²) < 4.78 is 5.48. The van der Waals surface area contributed by atoms with Crippen LogP contribution in [0.2, 0.25) is 0 Å². The molecule has 0 aromatic heterocycles. The van der Waals surface area contributed by atoms with E-state index in [0.29, 0.717) is 11.9 Å². The number of piperidine rings is 1. The van der Waals surface area contributed by atoms with Gasteiger partial charge in [0.1, 0.15) is 0 Å². The van der Waals surface area contributed by atoms with E-state index in [2.05, 4.69) is 16.7 Å². The van der Waals surface area contributed by atoms with Crippen molar-refractivity contribution in [2.45, 2.75) is 50.6 Å². The molecule has 3 rings (SSSR count). The molecule has 3 saturated heterocycles. The van der Waals surface area contributed by atoms with Crippen LogP contribution in [0, 0.1) is 0 Å². The van der Waals surface area contributed by atoms with E-state index in [1.54, 1.807) is 0 Å². The lowest BCUT2D eigenvalue weighted by Gasteiger charge is -2.46. The number of hydrogen-bond acceptors (Lipinski definition) is 3. The Morgan fingerprint density at radius 2 is 2.11 bits per heavy atom. The number of carbonyl (C=O) groups is 1. The van der Waals surface area contributed by atoms with Crippen molar-refractivity contribution in [1.29, 1.82) is 0 Å². The Balaban J connectivity index is 1.63. The highest BCUT2D eigenvalue weighted by Gasteiger charge is 2.46. The first-order valence-corrected chi connectivity index (χ1v) is 7.37. The quantitative estimate of drug-likeness (QED) is 0.741. The maximum Gasteiger partial charge on any atom is 0.223 e. The predicted octanol–water partition coefficient (Wildman–Crippen LogP) is 1.25. The van der Waals surface area contributed by atoms with Crippen LogP contribution in [0.3, 0.4) is 0 Å². The van der Waals surface area contributed by atoms with Crippen LogP contribution in [0.25, 0.3) is 0 Å². The normalized spacial score (nSPS) is 32.6. The smallest absolute Gasteiger partial charge is 0.223 e. The fourth-order valence-corrected chi connectivity index (χ4v) is 4.02. The molecule has 3 fully saturated rings. The van der Waals surface area contributed by atoms with Gasteiger partial charge in [0, 0.05) is 44.2 Å². The average Bonchev–Trinajstić information content (AvgIpc) is 3.00. The van der Waals surface area contributed by atoms with E-state index in [-0.39, 0.29) is 5.54 Å². The number of ether oxygens (including phenoxy) is 1. The van der Waals surface area contributed by atoms with Gasteiger partial charge in [-0.1, -0.05) is 0 Å². The fraction of sp³-hybridized carbons (Fsp3) is 0.929. The second-order valence-corrected chi connectivity index (χ2v) is 5.92. The molecular formula is C14H24N2O2. The van der Waals surface area contributed by atoms with Crippen molar-refractivity contribution < 1.29 is 9.53 Å². The fourth-order valence-electron chi connectivity index (χ4n) is 4.02. The number of amides is 1. The van der Waals surface area contributed by atoms with Crippen molar-refractivity contribution in [1.82, 2.24) is 9.80 Å². The van der Waals surface area contributed by atoms with E-state index < -0.39 is 0 Å². The van der Waals surface area contributed by atoms with Gasteiger partial charge in [0.25, 0.3) is 0 Å². The van der Waals surface area contributed by atoms with Gasteiger partial charge in [-0.15, -0.1) is 0 Å². The van der Waals surface area contributed by atoms with Gasteiger partial charge in [0.2, 0.25) is 5.91 Å². The number of carbonyl (C=O) groups excluding carboxylic acids is 1. The number of nitrogens with zero attached hydrogens (tertiary/aromatic N) is 2. The molecule has 1 spiro atoms. The molecule has 0 saturated carbocycles. The molecule has 0 unspecified atom stereocenters. The van der Waals surface area contributed by atoms with Gasteiger partial charge < -0.3 is 9.64 Å². The molecule has 102 valence electrons. The summed E-state index contributed by atoms with van der Waals surface area (Å²) in [7, 11) is 0. The number of rotatable bonds is 2. The first kappa shape index (κ1) is 12.4. The van der Waals surface area contributed by atoms with Gasteiger partial charge in [-0.05, 0) is 32.6 Å². The minimum atomic E-state index is 0.196. The van der Waals surface area contributed by atoms with E-state index in [0.717, 1.165) is 58.5 Å². The Bertz CT molecular complexity index is 318. The third-order valence-electron chi connectivity index (χ3n) is 5.14. The van der Waals surface area contributed by atoms with Gasteiger partial charge in [-0.2, -0.15) is 0 Å². The summed E-state index contributed by atoms with van der Waals surface area (Å²) >= 11 is 0. The zero-order valence-corrected chi connectivity index (χ0v) is 11.4. The minimum Gasteiger partial charge on any atom is -0.380 e. The third-order valence-corrected chi connectivity index (χ3v) is 5.14. The molecule has 4 nitrogen and oxygen atoms in total. The van der Waals surface area contributed by atoms with Crippen LogP contribution in [0.5, 0.6) is 0 Å². The van der Waals surface area contributed by atoms with Crippen LogP contribution >= 0.6 is 0 Å². The molecule has 0 bridgehead atoms. The topological polar surface area (TPSA) is 32.8 Å². The summed E-state index contributed by atoms with van der Waals surface area (Å²) in [5, 5.41) is 0.